The van der Waals surface area contributed by atoms with E-state index in [1.54, 1.807) is 0 Å². The molecule has 3 aromatic heterocycles. The van der Waals surface area contributed by atoms with E-state index in [-0.39, 0.29) is 0 Å². The summed E-state index contributed by atoms with van der Waals surface area (Å²) in [6.45, 7) is 2.08. The number of nitrogens with one attached hydrogen (secondary N) is 2. The lowest BCUT2D eigenvalue weighted by Crippen LogP contribution is -2.08. The minimum Gasteiger partial charge on any atom is -0.278 e. The number of aryl methyl sites for hydroxylation is 2. The predicted octanol–water partition coefficient (Wildman–Crippen LogP) is 4.84. The molecule has 5 heteroatoms. The molecule has 0 bridgehead atoms. The van der Waals surface area contributed by atoms with Gasteiger partial charge in [0.05, 0.1) is 34.1 Å². The van der Waals surface area contributed by atoms with Gasteiger partial charge in [-0.1, -0.05) is 6.07 Å². The van der Waals surface area contributed by atoms with Crippen LogP contribution < -0.4 is 0 Å². The van der Waals surface area contributed by atoms with Crippen LogP contribution in [0.2, 0.25) is 0 Å². The lowest BCUT2D eigenvalue weighted by Gasteiger charge is -2.22. The molecule has 0 unspecified atom stereocenters. The molecule has 0 spiro atoms. The van der Waals surface area contributed by atoms with Gasteiger partial charge in [0.15, 0.2) is 0 Å². The fraction of sp³-hybridized carbons (Fsp3) is 0.227. The number of aromatic nitrogens is 5. The molecule has 2 aromatic carbocycles. The number of rotatable bonds is 1. The summed E-state index contributed by atoms with van der Waals surface area (Å²) in [5, 5.41) is 18.4. The van der Waals surface area contributed by atoms with E-state index in [9.17, 15) is 0 Å². The van der Waals surface area contributed by atoms with E-state index in [0.29, 0.717) is 0 Å². The molecule has 0 radical (unpaired) electrons. The second-order valence-electron chi connectivity index (χ2n) is 7.49. The number of benzene rings is 2. The van der Waals surface area contributed by atoms with Crippen LogP contribution in [0.15, 0.2) is 36.5 Å². The SMILES string of the molecule is Cc1n[nH]c2ccc3nc(-c4ccc5[nH]ncc5c4)c4c(c3c12)CCCC4. The van der Waals surface area contributed by atoms with Crippen molar-refractivity contribution in [3.05, 3.63) is 53.3 Å². The smallest absolute Gasteiger partial charge is 0.0744 e. The van der Waals surface area contributed by atoms with Gasteiger partial charge >= 0.3 is 0 Å². The molecule has 1 aliphatic carbocycles. The minimum atomic E-state index is 1.05. The number of fused-ring (bicyclic) bond motifs is 6. The van der Waals surface area contributed by atoms with Crippen molar-refractivity contribution in [3.63, 3.8) is 0 Å². The first kappa shape index (κ1) is 14.9. The van der Waals surface area contributed by atoms with Crippen LogP contribution in [-0.4, -0.2) is 25.4 Å². The van der Waals surface area contributed by atoms with Crippen LogP contribution in [0.25, 0.3) is 44.0 Å². The van der Waals surface area contributed by atoms with Gasteiger partial charge in [-0.3, -0.25) is 10.2 Å². The molecular formula is C22H19N5. The Balaban J connectivity index is 1.73. The fourth-order valence-electron chi connectivity index (χ4n) is 4.62. The van der Waals surface area contributed by atoms with Crippen molar-refractivity contribution in [2.45, 2.75) is 32.6 Å². The number of aromatic amines is 2. The summed E-state index contributed by atoms with van der Waals surface area (Å²) in [5.74, 6) is 0. The van der Waals surface area contributed by atoms with Crippen LogP contribution in [0.4, 0.5) is 0 Å². The van der Waals surface area contributed by atoms with Crippen molar-refractivity contribution < 1.29 is 0 Å². The van der Waals surface area contributed by atoms with Crippen LogP contribution in [-0.2, 0) is 12.8 Å². The molecule has 0 atom stereocenters. The van der Waals surface area contributed by atoms with Crippen LogP contribution >= 0.6 is 0 Å². The first-order valence-corrected chi connectivity index (χ1v) is 9.52. The number of hydrogen-bond donors (Lipinski definition) is 2. The maximum atomic E-state index is 5.15. The maximum absolute atomic E-state index is 5.15. The van der Waals surface area contributed by atoms with Gasteiger partial charge in [0.1, 0.15) is 0 Å². The Morgan fingerprint density at radius 3 is 2.67 bits per heavy atom. The number of nitrogens with zero attached hydrogens (tertiary/aromatic N) is 3. The summed E-state index contributed by atoms with van der Waals surface area (Å²) in [6, 6.07) is 10.7. The van der Waals surface area contributed by atoms with E-state index in [1.165, 1.54) is 40.3 Å². The van der Waals surface area contributed by atoms with Gasteiger partial charge in [0, 0.05) is 21.7 Å². The molecule has 27 heavy (non-hydrogen) atoms. The molecule has 5 nitrogen and oxygen atoms in total. The number of pyridine rings is 1. The van der Waals surface area contributed by atoms with Gasteiger partial charge in [-0.15, -0.1) is 0 Å². The molecule has 0 saturated carbocycles. The Morgan fingerprint density at radius 1 is 0.889 bits per heavy atom. The summed E-state index contributed by atoms with van der Waals surface area (Å²) >= 11 is 0. The van der Waals surface area contributed by atoms with E-state index in [1.807, 2.05) is 6.20 Å². The van der Waals surface area contributed by atoms with Crippen molar-refractivity contribution in [3.8, 4) is 11.3 Å². The highest BCUT2D eigenvalue weighted by Gasteiger charge is 2.22. The molecule has 6 rings (SSSR count). The fourth-order valence-corrected chi connectivity index (χ4v) is 4.62. The summed E-state index contributed by atoms with van der Waals surface area (Å²) in [7, 11) is 0. The minimum absolute atomic E-state index is 1.05. The quantitative estimate of drug-likeness (QED) is 0.453. The Labute approximate surface area is 155 Å². The molecule has 2 N–H and O–H groups in total. The normalized spacial score (nSPS) is 14.3. The van der Waals surface area contributed by atoms with Gasteiger partial charge in [0.2, 0.25) is 0 Å². The van der Waals surface area contributed by atoms with Gasteiger partial charge in [0.25, 0.3) is 0 Å². The van der Waals surface area contributed by atoms with Gasteiger partial charge < -0.3 is 0 Å². The number of hydrogen-bond acceptors (Lipinski definition) is 3. The Bertz CT molecular complexity index is 1340. The monoisotopic (exact) mass is 353 g/mol. The zero-order valence-corrected chi connectivity index (χ0v) is 15.1. The average Bonchev–Trinajstić information content (AvgIpc) is 3.33. The zero-order valence-electron chi connectivity index (χ0n) is 15.1. The second-order valence-corrected chi connectivity index (χ2v) is 7.49. The molecule has 0 amide bonds. The molecular weight excluding hydrogens is 334 g/mol. The van der Waals surface area contributed by atoms with Crippen LogP contribution in [0.1, 0.15) is 29.7 Å². The summed E-state index contributed by atoms with van der Waals surface area (Å²) in [5.41, 5.74) is 9.45. The topological polar surface area (TPSA) is 70.2 Å². The summed E-state index contributed by atoms with van der Waals surface area (Å²) in [6.07, 6.45) is 6.54. The highest BCUT2D eigenvalue weighted by molar-refractivity contribution is 6.09. The van der Waals surface area contributed by atoms with Crippen molar-refractivity contribution >= 4 is 32.7 Å². The summed E-state index contributed by atoms with van der Waals surface area (Å²) < 4.78 is 0. The molecule has 0 saturated heterocycles. The Hall–Kier alpha value is -3.21. The van der Waals surface area contributed by atoms with Crippen molar-refractivity contribution in [1.29, 1.82) is 0 Å². The van der Waals surface area contributed by atoms with E-state index < -0.39 is 0 Å². The third-order valence-corrected chi connectivity index (χ3v) is 5.89. The average molecular weight is 353 g/mol. The van der Waals surface area contributed by atoms with E-state index in [2.05, 4.69) is 57.7 Å². The number of H-pyrrole nitrogens is 2. The molecule has 5 aromatic rings. The predicted molar refractivity (Wildman–Crippen MR) is 108 cm³/mol. The second kappa shape index (κ2) is 5.39. The van der Waals surface area contributed by atoms with Crippen molar-refractivity contribution in [2.75, 3.05) is 0 Å². The standard InChI is InChI=1S/C22H19N5/c1-12-20-19(27-25-12)9-8-18-21(20)15-4-2-3-5-16(15)22(24-18)13-6-7-17-14(10-13)11-23-26-17/h6-11H,2-5H2,1H3,(H,23,26)(H,25,27). The third kappa shape index (κ3) is 2.08. The maximum Gasteiger partial charge on any atom is 0.0744 e. The Kier molecular flexibility index (Phi) is 2.98. The van der Waals surface area contributed by atoms with Crippen molar-refractivity contribution in [1.82, 2.24) is 25.4 Å². The molecule has 3 heterocycles. The van der Waals surface area contributed by atoms with Gasteiger partial charge in [-0.2, -0.15) is 10.2 Å². The first-order valence-electron chi connectivity index (χ1n) is 9.52. The highest BCUT2D eigenvalue weighted by Crippen LogP contribution is 2.39. The van der Waals surface area contributed by atoms with E-state index in [4.69, 9.17) is 4.98 Å². The first-order chi connectivity index (χ1) is 13.3. The molecule has 0 aliphatic heterocycles. The van der Waals surface area contributed by atoms with E-state index in [0.717, 1.165) is 46.2 Å². The van der Waals surface area contributed by atoms with Crippen LogP contribution in [0.3, 0.4) is 0 Å². The highest BCUT2D eigenvalue weighted by atomic mass is 15.1. The molecule has 0 fully saturated rings. The van der Waals surface area contributed by atoms with Gasteiger partial charge in [-0.05, 0) is 68.0 Å². The van der Waals surface area contributed by atoms with Crippen LogP contribution in [0, 0.1) is 6.92 Å². The lowest BCUT2D eigenvalue weighted by atomic mass is 9.85. The molecule has 132 valence electrons. The third-order valence-electron chi connectivity index (χ3n) is 5.89. The van der Waals surface area contributed by atoms with Gasteiger partial charge in [-0.25, -0.2) is 4.98 Å². The Morgan fingerprint density at radius 2 is 1.74 bits per heavy atom. The largest absolute Gasteiger partial charge is 0.278 e. The van der Waals surface area contributed by atoms with Crippen molar-refractivity contribution in [2.24, 2.45) is 0 Å². The van der Waals surface area contributed by atoms with E-state index >= 15 is 0 Å². The summed E-state index contributed by atoms with van der Waals surface area (Å²) in [4.78, 5) is 5.15. The lowest BCUT2D eigenvalue weighted by molar-refractivity contribution is 0.689. The zero-order chi connectivity index (χ0) is 18.0. The molecule has 1 aliphatic rings. The van der Waals surface area contributed by atoms with Crippen LogP contribution in [0.5, 0.6) is 0 Å².